The van der Waals surface area contributed by atoms with Gasteiger partial charge in [-0.1, -0.05) is 122 Å². The number of aromatic nitrogens is 14. The molecule has 0 saturated carbocycles. The van der Waals surface area contributed by atoms with Crippen LogP contribution in [0.5, 0.6) is 11.5 Å². The molecule has 6 aliphatic rings. The van der Waals surface area contributed by atoms with Crippen molar-refractivity contribution in [3.8, 4) is 23.6 Å². The smallest absolute Gasteiger partial charge is 0.181 e. The lowest BCUT2D eigenvalue weighted by molar-refractivity contribution is 0.111. The van der Waals surface area contributed by atoms with Gasteiger partial charge in [-0.05, 0) is 154 Å². The van der Waals surface area contributed by atoms with Gasteiger partial charge in [-0.15, -0.1) is 0 Å². The molecular weight excluding hydrogens is 1700 g/mol. The van der Waals surface area contributed by atoms with Crippen molar-refractivity contribution in [3.63, 3.8) is 0 Å². The number of piperidine rings is 5. The summed E-state index contributed by atoms with van der Waals surface area (Å²) in [4.78, 5) is 56.9. The van der Waals surface area contributed by atoms with E-state index in [2.05, 4.69) is 86.0 Å². The number of alkyl halides is 5. The van der Waals surface area contributed by atoms with Gasteiger partial charge in [0.05, 0.1) is 75.6 Å². The Morgan fingerprint density at radius 1 is 0.513 bits per heavy atom. The number of benzene rings is 3. The summed E-state index contributed by atoms with van der Waals surface area (Å²) in [5.41, 5.74) is 13.0. The maximum Gasteiger partial charge on any atom is 0.181 e. The highest BCUT2D eigenvalue weighted by molar-refractivity contribution is 9.10. The lowest BCUT2D eigenvalue weighted by Crippen LogP contribution is -2.46. The number of aliphatic imine (C=N–C) groups is 1. The summed E-state index contributed by atoms with van der Waals surface area (Å²) in [6, 6.07) is 26.9. The van der Waals surface area contributed by atoms with E-state index < -0.39 is 28.3 Å². The van der Waals surface area contributed by atoms with Gasteiger partial charge in [0.1, 0.15) is 96.7 Å². The van der Waals surface area contributed by atoms with Gasteiger partial charge in [-0.25, -0.2) is 81.2 Å². The predicted molar refractivity (Wildman–Crippen MR) is 462 cm³/mol. The molecule has 7 aromatic heterocycles. The fourth-order valence-electron chi connectivity index (χ4n) is 14.0. The Labute approximate surface area is 721 Å². The van der Waals surface area contributed by atoms with Crippen LogP contribution in [0.2, 0.25) is 20.5 Å². The van der Waals surface area contributed by atoms with Gasteiger partial charge in [0.2, 0.25) is 0 Å². The van der Waals surface area contributed by atoms with E-state index in [1.165, 1.54) is 24.2 Å². The van der Waals surface area contributed by atoms with Crippen LogP contribution >= 0.6 is 74.1 Å². The third kappa shape index (κ3) is 23.7. The largest absolute Gasteiger partial charge is 0.497 e. The van der Waals surface area contributed by atoms with Gasteiger partial charge >= 0.3 is 0 Å². The van der Waals surface area contributed by atoms with E-state index in [1.54, 1.807) is 43.6 Å². The first-order valence-corrected chi connectivity index (χ1v) is 42.6. The van der Waals surface area contributed by atoms with Gasteiger partial charge in [0.25, 0.3) is 0 Å². The maximum absolute atomic E-state index is 14.5. The summed E-state index contributed by atoms with van der Waals surface area (Å²) in [6.07, 6.45) is 15.6. The SMILES string of the molecule is CCC1(F)CCN(c2cnc(C#N)c(Cl)n2)CC1.CCC1(F)CCN(c2cnc3c(Br)nn(Cc4ccc(OC)cc4)c3n2)CC1.CCC1(F)CCN(c2cnc3c(N)nn(Cc4ccc(OC)cc4)c3n2)CC1.CCC1(F)CCNCC1.N#Cc1ncc(Cl)nc1Cl.NCC1(F)CCN(c2cnc3c(n2)CN=C3Sc2ccccc2Cl)CC1. The highest BCUT2D eigenvalue weighted by Crippen LogP contribution is 2.39. The predicted octanol–water partition coefficient (Wildman–Crippen LogP) is 16.9. The number of nitrogens with one attached hydrogen (secondary N) is 1. The molecule has 13 heterocycles. The number of anilines is 5. The second-order valence-electron chi connectivity index (χ2n) is 29.7. The lowest BCUT2D eigenvalue weighted by Gasteiger charge is -2.36. The van der Waals surface area contributed by atoms with Gasteiger partial charge in [-0.3, -0.25) is 4.99 Å². The van der Waals surface area contributed by atoms with Crippen molar-refractivity contribution in [1.82, 2.24) is 74.7 Å². The van der Waals surface area contributed by atoms with E-state index in [0.29, 0.717) is 200 Å². The molecule has 0 amide bonds. The van der Waals surface area contributed by atoms with Crippen molar-refractivity contribution in [1.29, 1.82) is 10.5 Å². The number of ether oxygens (including phenoxy) is 2. The minimum Gasteiger partial charge on any atom is -0.497 e. The number of rotatable bonds is 16. The van der Waals surface area contributed by atoms with Crippen LogP contribution in [0.15, 0.2) is 118 Å². The second kappa shape index (κ2) is 41.4. The molecule has 10 aromatic rings. The van der Waals surface area contributed by atoms with Crippen LogP contribution in [-0.2, 0) is 19.6 Å². The Morgan fingerprint density at radius 2 is 0.924 bits per heavy atom. The van der Waals surface area contributed by atoms with Crippen LogP contribution in [0.25, 0.3) is 22.3 Å². The summed E-state index contributed by atoms with van der Waals surface area (Å²) in [5.74, 6) is 4.87. The van der Waals surface area contributed by atoms with Crippen molar-refractivity contribution in [2.75, 3.05) is 112 Å². The van der Waals surface area contributed by atoms with Crippen LogP contribution in [0, 0.1) is 22.7 Å². The summed E-state index contributed by atoms with van der Waals surface area (Å²) in [7, 11) is 3.29. The zero-order valence-electron chi connectivity index (χ0n) is 67.2. The van der Waals surface area contributed by atoms with Crippen LogP contribution in [-0.4, -0.2) is 189 Å². The highest BCUT2D eigenvalue weighted by Gasteiger charge is 2.38. The number of thioether (sulfide) groups is 1. The molecule has 5 N–H and O–H groups in total. The molecule has 632 valence electrons. The lowest BCUT2D eigenvalue weighted by atomic mass is 9.91. The molecule has 5 fully saturated rings. The molecular formula is C82H96BrCl4F5N24O2S. The number of nitrogens with zero attached hydrogens (tertiary/aromatic N) is 21. The van der Waals surface area contributed by atoms with Crippen molar-refractivity contribution >= 4 is 131 Å². The molecule has 6 aliphatic heterocycles. The summed E-state index contributed by atoms with van der Waals surface area (Å²) in [6.45, 7) is 16.0. The first-order valence-electron chi connectivity index (χ1n) is 39.5. The Bertz CT molecular complexity index is 5010. The number of nitrogen functional groups attached to an aromatic ring is 1. The molecule has 0 unspecified atom stereocenters. The molecule has 26 nitrogen and oxygen atoms in total. The number of halogens is 10. The molecule has 119 heavy (non-hydrogen) atoms. The Morgan fingerprint density at radius 3 is 1.37 bits per heavy atom. The minimum atomic E-state index is -1.25. The average Bonchev–Trinajstić information content (AvgIpc) is 1.66. The molecule has 0 spiro atoms. The monoisotopic (exact) mass is 1790 g/mol. The van der Waals surface area contributed by atoms with Crippen molar-refractivity contribution in [3.05, 3.63) is 163 Å². The molecule has 37 heteroatoms. The van der Waals surface area contributed by atoms with E-state index in [0.717, 1.165) is 80.0 Å². The fraction of sp³-hybridized carbons (Fsp3) is 0.476. The molecule has 16 rings (SSSR count). The third-order valence-corrected chi connectivity index (χ3v) is 25.0. The summed E-state index contributed by atoms with van der Waals surface area (Å²) < 4.78 is 85.3. The average molecular weight is 1800 g/mol. The van der Waals surface area contributed by atoms with Gasteiger partial charge < -0.3 is 45.9 Å². The van der Waals surface area contributed by atoms with Crippen LogP contribution in [0.4, 0.5) is 51.0 Å². The Balaban J connectivity index is 0.000000146. The van der Waals surface area contributed by atoms with Crippen LogP contribution in [0.3, 0.4) is 0 Å². The number of nitrogens with two attached hydrogens (primary N) is 2. The number of fused-ring (bicyclic) bond motifs is 3. The normalized spacial score (nSPS) is 17.3. The van der Waals surface area contributed by atoms with Crippen molar-refractivity contribution < 1.29 is 31.4 Å². The quantitative estimate of drug-likeness (QED) is 0.0757. The van der Waals surface area contributed by atoms with E-state index >= 15 is 0 Å². The first-order chi connectivity index (χ1) is 57.2. The van der Waals surface area contributed by atoms with Gasteiger partial charge in [-0.2, -0.15) is 20.7 Å². The standard InChI is InChI=1S/C20H23BrFN5O.C20H25FN6O.C18H19ClFN5S.C12H14ClFN4.C7H14FN.C5HCl2N3/c1-3-20(22)8-10-26(11-9-20)16-12-23-17-18(21)25-27(19(17)24-16)13-14-4-6-15(28-2)7-5-14;1-3-20(21)8-10-26(11-9-20)16-12-23-17-18(22)25-27(19(17)24-16)13-14-4-6-15(28-2)7-5-14;19-12-3-1-2-4-14(12)26-17-16-13(9-23-17)24-15(10-22-16)25-7-5-18(20,11-21)6-8-25;1-2-12(14)3-5-18(6-4-12)10-8-16-9(7-15)11(13)17-10;1-2-7(8)3-5-9-6-4-7;6-4-2-9-3(1-8)5(7)10-4/h4-7,12H,3,8-11,13H2,1-2H3;4-7,12H,3,8-11,13H2,1-2H3,(H2,22,25);1-4,10H,5-9,11,21H2;8H,2-6H2,1H3;9H,2-6H2,1H3;2H. The van der Waals surface area contributed by atoms with Crippen LogP contribution in [0.1, 0.15) is 151 Å². The minimum absolute atomic E-state index is 0.0370. The number of hydrogen-bond acceptors (Lipinski definition) is 25. The molecule has 0 bridgehead atoms. The van der Waals surface area contributed by atoms with Crippen LogP contribution < -0.4 is 45.9 Å². The molecule has 5 saturated heterocycles. The molecule has 0 aliphatic carbocycles. The van der Waals surface area contributed by atoms with E-state index in [9.17, 15) is 22.0 Å². The van der Waals surface area contributed by atoms with Gasteiger partial charge in [0, 0.05) is 76.6 Å². The number of methoxy groups -OCH3 is 2. The van der Waals surface area contributed by atoms with E-state index in [4.69, 9.17) is 92.8 Å². The summed E-state index contributed by atoms with van der Waals surface area (Å²) >= 11 is 27.9. The second-order valence-corrected chi connectivity index (χ2v) is 33.0. The Hall–Kier alpha value is -9.19. The fourth-order valence-corrected chi connectivity index (χ4v) is 16.2. The zero-order valence-corrected chi connectivity index (χ0v) is 72.6. The third-order valence-electron chi connectivity index (χ3n) is 22.2. The molecule has 0 radical (unpaired) electrons. The zero-order chi connectivity index (χ0) is 85.1. The van der Waals surface area contributed by atoms with E-state index in [1.807, 2.05) is 116 Å². The number of nitriles is 2. The van der Waals surface area contributed by atoms with Crippen molar-refractivity contribution in [2.45, 2.75) is 170 Å². The Kier molecular flexibility index (Phi) is 31.5. The maximum atomic E-state index is 14.5. The topological polar surface area (TPSA) is 320 Å². The van der Waals surface area contributed by atoms with E-state index in [-0.39, 0.29) is 33.4 Å². The number of hydrogen-bond donors (Lipinski definition) is 3. The summed E-state index contributed by atoms with van der Waals surface area (Å²) in [5, 5.41) is 31.0. The van der Waals surface area contributed by atoms with Crippen molar-refractivity contribution in [2.24, 2.45) is 10.7 Å². The molecule has 0 atom stereocenters. The van der Waals surface area contributed by atoms with Gasteiger partial charge in [0.15, 0.2) is 48.9 Å². The molecule has 3 aromatic carbocycles. The first kappa shape index (κ1) is 90.6. The highest BCUT2D eigenvalue weighted by atomic mass is 79.9.